The molecule has 0 aromatic carbocycles. The zero-order valence-corrected chi connectivity index (χ0v) is 10.9. The molecule has 8 nitrogen and oxygen atoms in total. The lowest BCUT2D eigenvalue weighted by atomic mass is 10.2. The number of H-pyrrole nitrogens is 1. The smallest absolute Gasteiger partial charge is 0.180 e. The van der Waals surface area contributed by atoms with Crippen molar-refractivity contribution in [3.05, 3.63) is 24.3 Å². The van der Waals surface area contributed by atoms with E-state index in [-0.39, 0.29) is 6.10 Å². The van der Waals surface area contributed by atoms with Crippen LogP contribution in [0, 0.1) is 6.92 Å². The van der Waals surface area contributed by atoms with Gasteiger partial charge in [-0.15, -0.1) is 0 Å². The van der Waals surface area contributed by atoms with Gasteiger partial charge in [-0.25, -0.2) is 9.97 Å². The molecule has 102 valence electrons. The molecule has 0 saturated carbocycles. The molecule has 1 N–H and O–H groups in total. The second-order valence-electron chi connectivity index (χ2n) is 4.60. The third-order valence-electron chi connectivity index (χ3n) is 3.16. The molecule has 1 fully saturated rings. The van der Waals surface area contributed by atoms with E-state index >= 15 is 0 Å². The number of rotatable bonds is 4. The Labute approximate surface area is 110 Å². The van der Waals surface area contributed by atoms with E-state index in [1.807, 2.05) is 11.6 Å². The van der Waals surface area contributed by atoms with Crippen molar-refractivity contribution in [2.45, 2.75) is 19.6 Å². The van der Waals surface area contributed by atoms with Crippen LogP contribution >= 0.6 is 0 Å². The summed E-state index contributed by atoms with van der Waals surface area (Å²) < 4.78 is 7.56. The first-order chi connectivity index (χ1) is 9.31. The van der Waals surface area contributed by atoms with Gasteiger partial charge in [0.15, 0.2) is 5.82 Å². The molecule has 3 heterocycles. The zero-order chi connectivity index (χ0) is 13.1. The van der Waals surface area contributed by atoms with Crippen molar-refractivity contribution in [2.75, 3.05) is 26.2 Å². The fourth-order valence-corrected chi connectivity index (χ4v) is 2.16. The second-order valence-corrected chi connectivity index (χ2v) is 4.60. The van der Waals surface area contributed by atoms with Gasteiger partial charge in [0.2, 0.25) is 0 Å². The Kier molecular flexibility index (Phi) is 3.51. The number of morpholine rings is 1. The predicted molar refractivity (Wildman–Crippen MR) is 66.3 cm³/mol. The summed E-state index contributed by atoms with van der Waals surface area (Å²) in [5.74, 6) is 1.56. The number of nitrogens with one attached hydrogen (secondary N) is 1. The molecule has 0 unspecified atom stereocenters. The number of hydrogen-bond donors (Lipinski definition) is 1. The first-order valence-electron chi connectivity index (χ1n) is 6.36. The van der Waals surface area contributed by atoms with E-state index in [0.717, 1.165) is 37.8 Å². The third-order valence-corrected chi connectivity index (χ3v) is 3.16. The minimum Gasteiger partial charge on any atom is -0.367 e. The first kappa shape index (κ1) is 12.2. The van der Waals surface area contributed by atoms with Gasteiger partial charge < -0.3 is 4.74 Å². The highest BCUT2D eigenvalue weighted by Crippen LogP contribution is 2.18. The van der Waals surface area contributed by atoms with E-state index in [9.17, 15) is 0 Å². The molecule has 8 heteroatoms. The van der Waals surface area contributed by atoms with Crippen LogP contribution in [-0.2, 0) is 11.3 Å². The van der Waals surface area contributed by atoms with E-state index in [2.05, 4.69) is 30.2 Å². The van der Waals surface area contributed by atoms with Crippen LogP contribution < -0.4 is 0 Å². The number of aromatic amines is 1. The van der Waals surface area contributed by atoms with E-state index in [4.69, 9.17) is 4.74 Å². The van der Waals surface area contributed by atoms with Gasteiger partial charge in [0.05, 0.1) is 13.2 Å². The Bertz CT molecular complexity index is 509. The molecule has 2 aromatic rings. The van der Waals surface area contributed by atoms with Crippen molar-refractivity contribution < 1.29 is 4.74 Å². The quantitative estimate of drug-likeness (QED) is 0.820. The lowest BCUT2D eigenvalue weighted by molar-refractivity contribution is -0.0352. The summed E-state index contributed by atoms with van der Waals surface area (Å²) in [4.78, 5) is 10.6. The fraction of sp³-hybridized carbons (Fsp3) is 0.636. The summed E-state index contributed by atoms with van der Waals surface area (Å²) in [6.07, 6.45) is 3.24. The maximum atomic E-state index is 5.72. The Balaban J connectivity index is 1.56. The van der Waals surface area contributed by atoms with E-state index in [1.54, 1.807) is 12.7 Å². The lowest BCUT2D eigenvalue weighted by Gasteiger charge is -2.31. The number of aromatic nitrogens is 6. The summed E-state index contributed by atoms with van der Waals surface area (Å²) in [5.41, 5.74) is 0. The van der Waals surface area contributed by atoms with Gasteiger partial charge in [-0.1, -0.05) is 0 Å². The summed E-state index contributed by atoms with van der Waals surface area (Å²) in [6, 6.07) is 0. The Hall–Kier alpha value is -1.80. The molecule has 1 atom stereocenters. The molecular weight excluding hydrogens is 246 g/mol. The van der Waals surface area contributed by atoms with Crippen LogP contribution in [0.25, 0.3) is 0 Å². The van der Waals surface area contributed by atoms with Crippen LogP contribution in [0.1, 0.15) is 17.8 Å². The number of nitrogens with zero attached hydrogens (tertiary/aromatic N) is 6. The number of aryl methyl sites for hydroxylation is 1. The van der Waals surface area contributed by atoms with Crippen LogP contribution in [0.2, 0.25) is 0 Å². The standard InChI is InChI=1S/C11H17N7O/c1-9-14-11(16-15-9)10-6-17(4-5-19-10)2-3-18-8-12-7-13-18/h7-8,10H,2-6H2,1H3,(H,14,15,16)/t10-/m0/s1. The van der Waals surface area contributed by atoms with Gasteiger partial charge in [0.1, 0.15) is 24.6 Å². The molecule has 1 aliphatic rings. The maximum absolute atomic E-state index is 5.72. The minimum atomic E-state index is -0.0468. The van der Waals surface area contributed by atoms with Crippen molar-refractivity contribution in [3.8, 4) is 0 Å². The number of ether oxygens (including phenoxy) is 1. The van der Waals surface area contributed by atoms with Gasteiger partial charge in [-0.3, -0.25) is 14.7 Å². The zero-order valence-electron chi connectivity index (χ0n) is 10.9. The third kappa shape index (κ3) is 2.96. The van der Waals surface area contributed by atoms with Crippen LogP contribution in [0.15, 0.2) is 12.7 Å². The van der Waals surface area contributed by atoms with Crippen LogP contribution in [0.4, 0.5) is 0 Å². The molecule has 2 aromatic heterocycles. The Morgan fingerprint density at radius 1 is 1.47 bits per heavy atom. The molecular formula is C11H17N7O. The number of hydrogen-bond acceptors (Lipinski definition) is 6. The molecule has 0 aliphatic carbocycles. The molecule has 0 bridgehead atoms. The molecule has 0 radical (unpaired) electrons. The van der Waals surface area contributed by atoms with Gasteiger partial charge in [0.25, 0.3) is 0 Å². The average molecular weight is 263 g/mol. The van der Waals surface area contributed by atoms with Gasteiger partial charge in [-0.2, -0.15) is 10.2 Å². The Morgan fingerprint density at radius 2 is 2.42 bits per heavy atom. The van der Waals surface area contributed by atoms with Gasteiger partial charge >= 0.3 is 0 Å². The summed E-state index contributed by atoms with van der Waals surface area (Å²) >= 11 is 0. The summed E-state index contributed by atoms with van der Waals surface area (Å²) in [7, 11) is 0. The predicted octanol–water partition coefficient (Wildman–Crippen LogP) is -0.222. The highest BCUT2D eigenvalue weighted by Gasteiger charge is 2.24. The molecule has 0 spiro atoms. The fourth-order valence-electron chi connectivity index (χ4n) is 2.16. The largest absolute Gasteiger partial charge is 0.367 e. The van der Waals surface area contributed by atoms with Crippen molar-refractivity contribution in [2.24, 2.45) is 0 Å². The molecule has 3 rings (SSSR count). The highest BCUT2D eigenvalue weighted by atomic mass is 16.5. The van der Waals surface area contributed by atoms with Crippen molar-refractivity contribution in [1.82, 2.24) is 34.8 Å². The molecule has 19 heavy (non-hydrogen) atoms. The van der Waals surface area contributed by atoms with E-state index in [0.29, 0.717) is 6.61 Å². The molecule has 0 amide bonds. The summed E-state index contributed by atoms with van der Waals surface area (Å²) in [6.45, 7) is 6.09. The minimum absolute atomic E-state index is 0.0468. The maximum Gasteiger partial charge on any atom is 0.180 e. The van der Waals surface area contributed by atoms with Gasteiger partial charge in [0, 0.05) is 19.6 Å². The SMILES string of the molecule is Cc1nc([C@@H]2CN(CCn3cncn3)CCO2)n[nH]1. The summed E-state index contributed by atoms with van der Waals surface area (Å²) in [5, 5.41) is 11.1. The van der Waals surface area contributed by atoms with Crippen LogP contribution in [0.3, 0.4) is 0 Å². The second kappa shape index (κ2) is 5.45. The van der Waals surface area contributed by atoms with E-state index < -0.39 is 0 Å². The van der Waals surface area contributed by atoms with E-state index in [1.165, 1.54) is 0 Å². The molecule has 1 saturated heterocycles. The van der Waals surface area contributed by atoms with Crippen LogP contribution in [0.5, 0.6) is 0 Å². The van der Waals surface area contributed by atoms with Crippen molar-refractivity contribution >= 4 is 0 Å². The average Bonchev–Trinajstić information content (AvgIpc) is 3.08. The van der Waals surface area contributed by atoms with Crippen molar-refractivity contribution in [3.63, 3.8) is 0 Å². The first-order valence-corrected chi connectivity index (χ1v) is 6.36. The monoisotopic (exact) mass is 263 g/mol. The van der Waals surface area contributed by atoms with Crippen molar-refractivity contribution in [1.29, 1.82) is 0 Å². The normalized spacial score (nSPS) is 20.8. The Morgan fingerprint density at radius 3 is 3.16 bits per heavy atom. The van der Waals surface area contributed by atoms with Gasteiger partial charge in [-0.05, 0) is 6.92 Å². The lowest BCUT2D eigenvalue weighted by Crippen LogP contribution is -2.40. The topological polar surface area (TPSA) is 84.8 Å². The van der Waals surface area contributed by atoms with Crippen LogP contribution in [-0.4, -0.2) is 61.1 Å². The highest BCUT2D eigenvalue weighted by molar-refractivity contribution is 4.95. The molecule has 1 aliphatic heterocycles.